The van der Waals surface area contributed by atoms with Crippen molar-refractivity contribution in [2.75, 3.05) is 0 Å². The van der Waals surface area contributed by atoms with Crippen molar-refractivity contribution in [3.8, 4) is 0 Å². The van der Waals surface area contributed by atoms with Crippen LogP contribution in [0, 0.1) is 13.8 Å². The molecule has 0 bridgehead atoms. The summed E-state index contributed by atoms with van der Waals surface area (Å²) in [6.07, 6.45) is 2.47. The summed E-state index contributed by atoms with van der Waals surface area (Å²) in [5, 5.41) is 3.88. The van der Waals surface area contributed by atoms with Gasteiger partial charge in [0.2, 0.25) is 5.89 Å². The molecule has 152 valence electrons. The van der Waals surface area contributed by atoms with E-state index in [9.17, 15) is 9.59 Å². The maximum absolute atomic E-state index is 13.3. The SMILES string of the molecule is Cc1nc(CN(C(=O)c2c(C)ccn(CCc3ccccc3)c2=O)C(C)C)no1. The van der Waals surface area contributed by atoms with Crippen LogP contribution < -0.4 is 5.56 Å². The standard InChI is InChI=1S/C22H26N4O3/c1-15(2)26(14-19-23-17(4)29-24-19)22(28)20-16(3)10-12-25(21(20)27)13-11-18-8-6-5-7-9-18/h5-10,12,15H,11,13-14H2,1-4H3. The molecule has 3 rings (SSSR count). The minimum absolute atomic E-state index is 0.127. The lowest BCUT2D eigenvalue weighted by molar-refractivity contribution is 0.0680. The van der Waals surface area contributed by atoms with Crippen LogP contribution in [0.15, 0.2) is 51.9 Å². The topological polar surface area (TPSA) is 81.2 Å². The van der Waals surface area contributed by atoms with Gasteiger partial charge in [0, 0.05) is 25.7 Å². The lowest BCUT2D eigenvalue weighted by Gasteiger charge is -2.26. The molecule has 7 nitrogen and oxygen atoms in total. The highest BCUT2D eigenvalue weighted by Gasteiger charge is 2.25. The van der Waals surface area contributed by atoms with E-state index in [-0.39, 0.29) is 29.6 Å². The Labute approximate surface area is 170 Å². The highest BCUT2D eigenvalue weighted by molar-refractivity contribution is 5.95. The van der Waals surface area contributed by atoms with Crippen molar-refractivity contribution in [3.63, 3.8) is 0 Å². The molecule has 0 radical (unpaired) electrons. The van der Waals surface area contributed by atoms with E-state index < -0.39 is 0 Å². The molecule has 0 saturated heterocycles. The highest BCUT2D eigenvalue weighted by Crippen LogP contribution is 2.13. The molecule has 0 atom stereocenters. The molecule has 0 saturated carbocycles. The van der Waals surface area contributed by atoms with Crippen molar-refractivity contribution in [2.24, 2.45) is 0 Å². The molecule has 0 fully saturated rings. The predicted octanol–water partition coefficient (Wildman–Crippen LogP) is 3.14. The fourth-order valence-corrected chi connectivity index (χ4v) is 3.19. The zero-order valence-electron chi connectivity index (χ0n) is 17.3. The largest absolute Gasteiger partial charge is 0.340 e. The average Bonchev–Trinajstić information content (AvgIpc) is 3.11. The van der Waals surface area contributed by atoms with E-state index in [0.717, 1.165) is 5.56 Å². The molecule has 7 heteroatoms. The summed E-state index contributed by atoms with van der Waals surface area (Å²) in [5.41, 5.74) is 1.71. The molecule has 0 aliphatic carbocycles. The van der Waals surface area contributed by atoms with Crippen molar-refractivity contribution in [1.82, 2.24) is 19.6 Å². The predicted molar refractivity (Wildman–Crippen MR) is 110 cm³/mol. The molecule has 0 unspecified atom stereocenters. The molecule has 2 heterocycles. The van der Waals surface area contributed by atoms with Gasteiger partial charge < -0.3 is 14.0 Å². The van der Waals surface area contributed by atoms with Crippen LogP contribution in [0.25, 0.3) is 0 Å². The average molecular weight is 394 g/mol. The number of aromatic nitrogens is 3. The molecule has 1 aromatic carbocycles. The second kappa shape index (κ2) is 8.86. The number of hydrogen-bond acceptors (Lipinski definition) is 5. The maximum Gasteiger partial charge on any atom is 0.263 e. The second-order valence-electron chi connectivity index (χ2n) is 7.36. The Morgan fingerprint density at radius 1 is 1.17 bits per heavy atom. The summed E-state index contributed by atoms with van der Waals surface area (Å²) in [7, 11) is 0. The first-order valence-corrected chi connectivity index (χ1v) is 9.71. The third-order valence-corrected chi connectivity index (χ3v) is 4.84. The molecule has 2 aromatic heterocycles. The number of aryl methyl sites for hydroxylation is 4. The van der Waals surface area contributed by atoms with E-state index in [1.54, 1.807) is 29.5 Å². The number of hydrogen-bond donors (Lipinski definition) is 0. The van der Waals surface area contributed by atoms with Gasteiger partial charge in [-0.05, 0) is 44.4 Å². The Bertz CT molecular complexity index is 1040. The van der Waals surface area contributed by atoms with Crippen LogP contribution in [0.3, 0.4) is 0 Å². The Morgan fingerprint density at radius 2 is 1.90 bits per heavy atom. The fraction of sp³-hybridized carbons (Fsp3) is 0.364. The third-order valence-electron chi connectivity index (χ3n) is 4.84. The zero-order valence-corrected chi connectivity index (χ0v) is 17.3. The number of amides is 1. The fourth-order valence-electron chi connectivity index (χ4n) is 3.19. The molecule has 3 aromatic rings. The van der Waals surface area contributed by atoms with Gasteiger partial charge in [0.25, 0.3) is 11.5 Å². The van der Waals surface area contributed by atoms with Gasteiger partial charge in [0.1, 0.15) is 5.56 Å². The van der Waals surface area contributed by atoms with Crippen LogP contribution in [0.2, 0.25) is 0 Å². The Balaban J connectivity index is 1.87. The highest BCUT2D eigenvalue weighted by atomic mass is 16.5. The number of nitrogens with zero attached hydrogens (tertiary/aromatic N) is 4. The Kier molecular flexibility index (Phi) is 6.26. The van der Waals surface area contributed by atoms with E-state index in [0.29, 0.717) is 30.2 Å². The van der Waals surface area contributed by atoms with Gasteiger partial charge in [0.15, 0.2) is 5.82 Å². The first-order valence-electron chi connectivity index (χ1n) is 9.71. The van der Waals surface area contributed by atoms with Crippen LogP contribution >= 0.6 is 0 Å². The van der Waals surface area contributed by atoms with Gasteiger partial charge >= 0.3 is 0 Å². The van der Waals surface area contributed by atoms with Crippen molar-refractivity contribution in [1.29, 1.82) is 0 Å². The van der Waals surface area contributed by atoms with Gasteiger partial charge in [-0.1, -0.05) is 35.5 Å². The summed E-state index contributed by atoms with van der Waals surface area (Å²) in [6, 6.07) is 11.7. The molecular weight excluding hydrogens is 368 g/mol. The monoisotopic (exact) mass is 394 g/mol. The number of rotatable bonds is 7. The Morgan fingerprint density at radius 3 is 2.52 bits per heavy atom. The molecule has 0 aliphatic heterocycles. The van der Waals surface area contributed by atoms with E-state index in [1.807, 2.05) is 50.2 Å². The minimum atomic E-state index is -0.320. The van der Waals surface area contributed by atoms with E-state index >= 15 is 0 Å². The summed E-state index contributed by atoms with van der Waals surface area (Å²) in [6.45, 7) is 7.98. The zero-order chi connectivity index (χ0) is 21.0. The molecule has 0 aliphatic rings. The van der Waals surface area contributed by atoms with Crippen LogP contribution in [-0.2, 0) is 19.5 Å². The summed E-state index contributed by atoms with van der Waals surface area (Å²) < 4.78 is 6.61. The van der Waals surface area contributed by atoms with Gasteiger partial charge in [-0.2, -0.15) is 4.98 Å². The normalized spacial score (nSPS) is 11.1. The van der Waals surface area contributed by atoms with Crippen molar-refractivity contribution in [2.45, 2.75) is 53.2 Å². The molecular formula is C22H26N4O3. The summed E-state index contributed by atoms with van der Waals surface area (Å²) >= 11 is 0. The first kappa shape index (κ1) is 20.5. The number of carbonyl (C=O) groups excluding carboxylic acids is 1. The molecule has 0 spiro atoms. The molecule has 0 N–H and O–H groups in total. The number of benzene rings is 1. The summed E-state index contributed by atoms with van der Waals surface area (Å²) in [5.74, 6) is 0.539. The lowest BCUT2D eigenvalue weighted by Crippen LogP contribution is -2.41. The van der Waals surface area contributed by atoms with Crippen LogP contribution in [-0.4, -0.2) is 31.6 Å². The van der Waals surface area contributed by atoms with Crippen LogP contribution in [0.4, 0.5) is 0 Å². The van der Waals surface area contributed by atoms with Crippen LogP contribution in [0.5, 0.6) is 0 Å². The van der Waals surface area contributed by atoms with Gasteiger partial charge in [-0.3, -0.25) is 9.59 Å². The second-order valence-corrected chi connectivity index (χ2v) is 7.36. The van der Waals surface area contributed by atoms with E-state index in [4.69, 9.17) is 4.52 Å². The van der Waals surface area contributed by atoms with E-state index in [1.165, 1.54) is 0 Å². The van der Waals surface area contributed by atoms with Crippen molar-refractivity contribution >= 4 is 5.91 Å². The third kappa shape index (κ3) is 4.80. The molecule has 29 heavy (non-hydrogen) atoms. The summed E-state index contributed by atoms with van der Waals surface area (Å²) in [4.78, 5) is 32.2. The Hall–Kier alpha value is -3.22. The van der Waals surface area contributed by atoms with Crippen LogP contribution in [0.1, 0.15) is 47.0 Å². The smallest absolute Gasteiger partial charge is 0.263 e. The van der Waals surface area contributed by atoms with E-state index in [2.05, 4.69) is 10.1 Å². The van der Waals surface area contributed by atoms with Crippen molar-refractivity contribution in [3.05, 3.63) is 81.4 Å². The minimum Gasteiger partial charge on any atom is -0.340 e. The quantitative estimate of drug-likeness (QED) is 0.615. The lowest BCUT2D eigenvalue weighted by atomic mass is 10.1. The number of carbonyl (C=O) groups is 1. The van der Waals surface area contributed by atoms with Crippen molar-refractivity contribution < 1.29 is 9.32 Å². The van der Waals surface area contributed by atoms with Gasteiger partial charge in [0.05, 0.1) is 6.54 Å². The number of pyridine rings is 1. The van der Waals surface area contributed by atoms with Gasteiger partial charge in [-0.15, -0.1) is 0 Å². The maximum atomic E-state index is 13.3. The molecule has 1 amide bonds. The first-order chi connectivity index (χ1) is 13.9. The van der Waals surface area contributed by atoms with Gasteiger partial charge in [-0.25, -0.2) is 0 Å².